The lowest BCUT2D eigenvalue weighted by Gasteiger charge is -2.27. The van der Waals surface area contributed by atoms with Crippen LogP contribution in [0.4, 0.5) is 5.82 Å². The molecule has 1 fully saturated rings. The van der Waals surface area contributed by atoms with Gasteiger partial charge in [0.2, 0.25) is 0 Å². The van der Waals surface area contributed by atoms with Crippen molar-refractivity contribution in [3.63, 3.8) is 0 Å². The van der Waals surface area contributed by atoms with Crippen LogP contribution in [0.3, 0.4) is 0 Å². The number of aryl methyl sites for hydroxylation is 1. The number of fused-ring (bicyclic) bond motifs is 2. The van der Waals surface area contributed by atoms with E-state index in [1.165, 1.54) is 31.4 Å². The molecule has 2 aliphatic rings. The maximum Gasteiger partial charge on any atom is 0.254 e. The molecule has 8 nitrogen and oxygen atoms in total. The molecule has 0 radical (unpaired) electrons. The number of hydrogen-bond acceptors (Lipinski definition) is 6. The average molecular weight is 367 g/mol. The second-order valence-corrected chi connectivity index (χ2v) is 7.72. The van der Waals surface area contributed by atoms with Crippen molar-refractivity contribution in [3.05, 3.63) is 36.0 Å². The van der Waals surface area contributed by atoms with Gasteiger partial charge in [0, 0.05) is 31.1 Å². The summed E-state index contributed by atoms with van der Waals surface area (Å²) in [4.78, 5) is 11.1. The van der Waals surface area contributed by atoms with Gasteiger partial charge in [0.1, 0.15) is 12.1 Å². The summed E-state index contributed by atoms with van der Waals surface area (Å²) in [5.74, 6) is 2.34. The van der Waals surface area contributed by atoms with Crippen LogP contribution >= 0.6 is 0 Å². The highest BCUT2D eigenvalue weighted by atomic mass is 16.5. The van der Waals surface area contributed by atoms with Crippen LogP contribution in [0.15, 0.2) is 24.7 Å². The van der Waals surface area contributed by atoms with Crippen molar-refractivity contribution < 1.29 is 4.74 Å². The Bertz CT molecular complexity index is 927. The first kappa shape index (κ1) is 16.7. The van der Waals surface area contributed by atoms with Crippen LogP contribution in [0.2, 0.25) is 0 Å². The number of rotatable bonds is 4. The van der Waals surface area contributed by atoms with Crippen molar-refractivity contribution in [1.82, 2.24) is 29.4 Å². The minimum Gasteiger partial charge on any atom is -0.374 e. The van der Waals surface area contributed by atoms with E-state index in [1.54, 1.807) is 6.33 Å². The van der Waals surface area contributed by atoms with E-state index in [1.807, 2.05) is 17.6 Å². The Morgan fingerprint density at radius 3 is 2.96 bits per heavy atom. The zero-order valence-electron chi connectivity index (χ0n) is 15.7. The van der Waals surface area contributed by atoms with Gasteiger partial charge in [0.05, 0.1) is 24.9 Å². The number of ether oxygens (including phenoxy) is 1. The van der Waals surface area contributed by atoms with Gasteiger partial charge in [-0.25, -0.2) is 4.98 Å². The molecule has 0 bridgehead atoms. The Morgan fingerprint density at radius 1 is 1.19 bits per heavy atom. The maximum atomic E-state index is 6.39. The van der Waals surface area contributed by atoms with E-state index in [9.17, 15) is 0 Å². The van der Waals surface area contributed by atoms with Gasteiger partial charge in [-0.3, -0.25) is 4.68 Å². The lowest BCUT2D eigenvalue weighted by atomic mass is 10.1. The van der Waals surface area contributed by atoms with Gasteiger partial charge in [0.15, 0.2) is 0 Å². The summed E-state index contributed by atoms with van der Waals surface area (Å²) in [6.45, 7) is 5.20. The highest BCUT2D eigenvalue weighted by Gasteiger charge is 2.26. The van der Waals surface area contributed by atoms with Crippen molar-refractivity contribution >= 4 is 11.6 Å². The quantitative estimate of drug-likeness (QED) is 0.704. The molecule has 8 heteroatoms. The highest BCUT2D eigenvalue weighted by molar-refractivity contribution is 5.47. The molecule has 1 aliphatic heterocycles. The molecule has 0 N–H and O–H groups in total. The van der Waals surface area contributed by atoms with E-state index in [-0.39, 0.29) is 6.10 Å². The molecule has 1 unspecified atom stereocenters. The average Bonchev–Trinajstić information content (AvgIpc) is 3.39. The molecular weight excluding hydrogens is 342 g/mol. The minimum absolute atomic E-state index is 0.0961. The van der Waals surface area contributed by atoms with Crippen molar-refractivity contribution in [1.29, 1.82) is 0 Å². The molecule has 0 amide bonds. The fourth-order valence-electron chi connectivity index (χ4n) is 4.28. The number of nitrogens with zero attached hydrogens (tertiary/aromatic N) is 7. The van der Waals surface area contributed by atoms with Crippen molar-refractivity contribution in [3.8, 4) is 0 Å². The van der Waals surface area contributed by atoms with Crippen molar-refractivity contribution in [2.75, 3.05) is 18.1 Å². The largest absolute Gasteiger partial charge is 0.374 e. The standard InChI is InChI=1S/C19H25N7O/c1-14-8-18(26-19(23-14)20-13-22-26)24-9-16-6-7-21-25(16)11-17(10-24)27-12-15-4-2-3-5-15/h6-8,13,15,17H,2-5,9-12H2,1H3. The van der Waals surface area contributed by atoms with Gasteiger partial charge in [-0.2, -0.15) is 19.7 Å². The third kappa shape index (κ3) is 3.29. The number of aromatic nitrogens is 6. The van der Waals surface area contributed by atoms with Crippen LogP contribution < -0.4 is 4.90 Å². The minimum atomic E-state index is 0.0961. The van der Waals surface area contributed by atoms with Crippen molar-refractivity contribution in [2.45, 2.75) is 51.8 Å². The molecule has 1 saturated carbocycles. The number of anilines is 1. The second-order valence-electron chi connectivity index (χ2n) is 7.72. The molecule has 1 atom stereocenters. The molecule has 0 spiro atoms. The zero-order valence-corrected chi connectivity index (χ0v) is 15.7. The van der Waals surface area contributed by atoms with Crippen molar-refractivity contribution in [2.24, 2.45) is 5.92 Å². The number of hydrogen-bond donors (Lipinski definition) is 0. The van der Waals surface area contributed by atoms with Gasteiger partial charge in [0.25, 0.3) is 5.78 Å². The summed E-state index contributed by atoms with van der Waals surface area (Å²) in [5.41, 5.74) is 2.12. The molecular formula is C19H25N7O. The van der Waals surface area contributed by atoms with Crippen LogP contribution in [0.1, 0.15) is 37.1 Å². The van der Waals surface area contributed by atoms with Gasteiger partial charge in [-0.1, -0.05) is 12.8 Å². The highest BCUT2D eigenvalue weighted by Crippen LogP contribution is 2.27. The Labute approximate surface area is 158 Å². The Balaban J connectivity index is 1.44. The van der Waals surface area contributed by atoms with E-state index < -0.39 is 0 Å². The van der Waals surface area contributed by atoms with E-state index in [0.29, 0.717) is 11.7 Å². The topological polar surface area (TPSA) is 73.4 Å². The lowest BCUT2D eigenvalue weighted by molar-refractivity contribution is 0.0244. The van der Waals surface area contributed by atoms with Crippen LogP contribution in [-0.2, 0) is 17.8 Å². The Hall–Kier alpha value is -2.48. The van der Waals surface area contributed by atoms with Gasteiger partial charge >= 0.3 is 0 Å². The third-order valence-electron chi connectivity index (χ3n) is 5.69. The molecule has 5 rings (SSSR count). The van der Waals surface area contributed by atoms with Gasteiger partial charge in [-0.15, -0.1) is 0 Å². The summed E-state index contributed by atoms with van der Waals surface area (Å²) < 4.78 is 10.3. The summed E-state index contributed by atoms with van der Waals surface area (Å²) in [6, 6.07) is 4.15. The fourth-order valence-corrected chi connectivity index (χ4v) is 4.28. The molecule has 0 saturated heterocycles. The normalized spacial score (nSPS) is 20.9. The molecule has 0 aromatic carbocycles. The lowest BCUT2D eigenvalue weighted by Crippen LogP contribution is -2.35. The summed E-state index contributed by atoms with van der Waals surface area (Å²) in [5, 5.41) is 8.89. The molecule has 3 aromatic heterocycles. The summed E-state index contributed by atoms with van der Waals surface area (Å²) in [6.07, 6.45) is 8.80. The Kier molecular flexibility index (Phi) is 4.27. The van der Waals surface area contributed by atoms with E-state index in [2.05, 4.69) is 41.9 Å². The van der Waals surface area contributed by atoms with E-state index in [4.69, 9.17) is 4.74 Å². The van der Waals surface area contributed by atoms with Gasteiger partial charge in [-0.05, 0) is 31.7 Å². The zero-order chi connectivity index (χ0) is 18.2. The smallest absolute Gasteiger partial charge is 0.254 e. The first-order valence-electron chi connectivity index (χ1n) is 9.81. The summed E-state index contributed by atoms with van der Waals surface area (Å²) in [7, 11) is 0. The predicted octanol–water partition coefficient (Wildman–Crippen LogP) is 2.22. The predicted molar refractivity (Wildman–Crippen MR) is 100 cm³/mol. The van der Waals surface area contributed by atoms with Crippen LogP contribution in [0, 0.1) is 12.8 Å². The van der Waals surface area contributed by atoms with E-state index >= 15 is 0 Å². The molecule has 27 heavy (non-hydrogen) atoms. The monoisotopic (exact) mass is 367 g/mol. The molecule has 1 aliphatic carbocycles. The second kappa shape index (κ2) is 6.92. The Morgan fingerprint density at radius 2 is 2.07 bits per heavy atom. The first-order valence-corrected chi connectivity index (χ1v) is 9.81. The SMILES string of the molecule is Cc1cc(N2Cc3ccnn3CC(OCC3CCCC3)C2)n2ncnc2n1. The van der Waals surface area contributed by atoms with Crippen LogP contribution in [-0.4, -0.2) is 48.6 Å². The summed E-state index contributed by atoms with van der Waals surface area (Å²) >= 11 is 0. The maximum absolute atomic E-state index is 6.39. The van der Waals surface area contributed by atoms with E-state index in [0.717, 1.165) is 37.8 Å². The fraction of sp³-hybridized carbons (Fsp3) is 0.579. The molecule has 4 heterocycles. The van der Waals surface area contributed by atoms with Crippen LogP contribution in [0.5, 0.6) is 0 Å². The third-order valence-corrected chi connectivity index (χ3v) is 5.69. The van der Waals surface area contributed by atoms with Gasteiger partial charge < -0.3 is 9.64 Å². The molecule has 3 aromatic rings. The molecule has 142 valence electrons. The van der Waals surface area contributed by atoms with Crippen LogP contribution in [0.25, 0.3) is 5.78 Å². The first-order chi connectivity index (χ1) is 13.3.